The summed E-state index contributed by atoms with van der Waals surface area (Å²) in [4.78, 5) is 11.2. The van der Waals surface area contributed by atoms with Crippen molar-refractivity contribution in [3.63, 3.8) is 0 Å². The molecule has 198 valence electrons. The van der Waals surface area contributed by atoms with Gasteiger partial charge in [0.05, 0.1) is 13.5 Å². The van der Waals surface area contributed by atoms with Crippen LogP contribution in [0.3, 0.4) is 0 Å². The standard InChI is InChI=1S/C31H36F2O4/c1-7-21(16-29(34)35)23-9-8-10-28(30(23)33)37-18-20-11-13-24(25(15-20)19(2)31(3,4)5)26-17-22(36-6)12-14-27(26)32/h8-15,17,19,21H,7,16,18H2,1-6H3,(H,34,35)/t19-,21-/m0/s1. The first-order valence-electron chi connectivity index (χ1n) is 12.6. The van der Waals surface area contributed by atoms with Crippen LogP contribution in [0.15, 0.2) is 54.6 Å². The fourth-order valence-corrected chi connectivity index (χ4v) is 4.41. The van der Waals surface area contributed by atoms with E-state index in [1.807, 2.05) is 25.1 Å². The normalized spacial score (nSPS) is 13.2. The molecule has 0 saturated heterocycles. The van der Waals surface area contributed by atoms with Crippen molar-refractivity contribution in [2.24, 2.45) is 5.41 Å². The van der Waals surface area contributed by atoms with Gasteiger partial charge in [-0.1, -0.05) is 65.0 Å². The molecule has 0 heterocycles. The predicted octanol–water partition coefficient (Wildman–Crippen LogP) is 8.34. The van der Waals surface area contributed by atoms with E-state index in [0.717, 1.165) is 16.7 Å². The van der Waals surface area contributed by atoms with E-state index in [2.05, 4.69) is 27.7 Å². The quantitative estimate of drug-likeness (QED) is 0.298. The van der Waals surface area contributed by atoms with Crippen LogP contribution in [0.25, 0.3) is 11.1 Å². The monoisotopic (exact) mass is 510 g/mol. The fourth-order valence-electron chi connectivity index (χ4n) is 4.41. The molecule has 0 aliphatic carbocycles. The lowest BCUT2D eigenvalue weighted by Crippen LogP contribution is -2.16. The molecule has 0 saturated carbocycles. The highest BCUT2D eigenvalue weighted by Gasteiger charge is 2.26. The predicted molar refractivity (Wildman–Crippen MR) is 142 cm³/mol. The fraction of sp³-hybridized carbons (Fsp3) is 0.387. The minimum atomic E-state index is -0.967. The number of carboxylic acid groups (broad SMARTS) is 1. The van der Waals surface area contributed by atoms with Crippen molar-refractivity contribution >= 4 is 5.97 Å². The largest absolute Gasteiger partial charge is 0.497 e. The maximum Gasteiger partial charge on any atom is 0.303 e. The highest BCUT2D eigenvalue weighted by molar-refractivity contribution is 5.71. The van der Waals surface area contributed by atoms with Gasteiger partial charge in [-0.05, 0) is 70.2 Å². The van der Waals surface area contributed by atoms with Gasteiger partial charge >= 0.3 is 5.97 Å². The van der Waals surface area contributed by atoms with Gasteiger partial charge in [-0.3, -0.25) is 4.79 Å². The van der Waals surface area contributed by atoms with E-state index in [4.69, 9.17) is 9.47 Å². The molecule has 37 heavy (non-hydrogen) atoms. The van der Waals surface area contributed by atoms with Gasteiger partial charge < -0.3 is 14.6 Å². The van der Waals surface area contributed by atoms with Crippen molar-refractivity contribution in [1.29, 1.82) is 0 Å². The van der Waals surface area contributed by atoms with Gasteiger partial charge in [0.1, 0.15) is 18.2 Å². The Balaban J connectivity index is 1.96. The Labute approximate surface area is 218 Å². The number of benzene rings is 3. The minimum Gasteiger partial charge on any atom is -0.497 e. The van der Waals surface area contributed by atoms with Gasteiger partial charge in [-0.2, -0.15) is 0 Å². The average Bonchev–Trinajstić information content (AvgIpc) is 2.86. The van der Waals surface area contributed by atoms with Crippen molar-refractivity contribution in [2.75, 3.05) is 7.11 Å². The molecule has 1 N–H and O–H groups in total. The first-order valence-corrected chi connectivity index (χ1v) is 12.6. The summed E-state index contributed by atoms with van der Waals surface area (Å²) in [6, 6.07) is 15.3. The zero-order valence-electron chi connectivity index (χ0n) is 22.4. The molecule has 0 unspecified atom stereocenters. The maximum absolute atomic E-state index is 15.3. The Kier molecular flexibility index (Phi) is 8.95. The molecule has 4 nitrogen and oxygen atoms in total. The molecule has 0 spiro atoms. The van der Waals surface area contributed by atoms with E-state index < -0.39 is 17.7 Å². The van der Waals surface area contributed by atoms with Crippen molar-refractivity contribution in [3.8, 4) is 22.6 Å². The first kappa shape index (κ1) is 28.2. The summed E-state index contributed by atoms with van der Waals surface area (Å²) >= 11 is 0. The third kappa shape index (κ3) is 6.68. The van der Waals surface area contributed by atoms with Crippen LogP contribution in [0.4, 0.5) is 8.78 Å². The zero-order valence-corrected chi connectivity index (χ0v) is 22.4. The maximum atomic E-state index is 15.3. The molecule has 3 aromatic carbocycles. The number of ether oxygens (including phenoxy) is 2. The Bertz CT molecular complexity index is 1250. The molecule has 0 amide bonds. The van der Waals surface area contributed by atoms with Gasteiger partial charge in [0.25, 0.3) is 0 Å². The summed E-state index contributed by atoms with van der Waals surface area (Å²) in [5.41, 5.74) is 3.26. The molecule has 0 aliphatic heterocycles. The number of carboxylic acids is 1. The number of methoxy groups -OCH3 is 1. The van der Waals surface area contributed by atoms with Gasteiger partial charge in [0, 0.05) is 5.56 Å². The first-order chi connectivity index (χ1) is 17.5. The summed E-state index contributed by atoms with van der Waals surface area (Å²) < 4.78 is 41.4. The third-order valence-electron chi connectivity index (χ3n) is 7.09. The van der Waals surface area contributed by atoms with Crippen LogP contribution in [0.1, 0.15) is 76.0 Å². The van der Waals surface area contributed by atoms with Gasteiger partial charge in [0.2, 0.25) is 0 Å². The van der Waals surface area contributed by atoms with Crippen molar-refractivity contribution in [2.45, 2.75) is 65.9 Å². The second-order valence-corrected chi connectivity index (χ2v) is 10.5. The zero-order chi connectivity index (χ0) is 27.3. The van der Waals surface area contributed by atoms with Crippen LogP contribution in [0.5, 0.6) is 11.5 Å². The number of aliphatic carboxylic acids is 1. The number of hydrogen-bond donors (Lipinski definition) is 1. The van der Waals surface area contributed by atoms with Crippen LogP contribution in [0, 0.1) is 17.0 Å². The smallest absolute Gasteiger partial charge is 0.303 e. The minimum absolute atomic E-state index is 0.0782. The lowest BCUT2D eigenvalue weighted by molar-refractivity contribution is -0.137. The second kappa shape index (κ2) is 11.8. The molecule has 0 aliphatic rings. The SMILES string of the molecule is CC[C@@H](CC(=O)O)c1cccc(OCc2ccc(-c3cc(OC)ccc3F)c([C@H](C)C(C)(C)C)c2)c1F. The van der Waals surface area contributed by atoms with Crippen molar-refractivity contribution in [1.82, 2.24) is 0 Å². The average molecular weight is 511 g/mol. The molecule has 6 heteroatoms. The van der Waals surface area contributed by atoms with Crippen molar-refractivity contribution < 1.29 is 28.2 Å². The van der Waals surface area contributed by atoms with Crippen LogP contribution in [-0.2, 0) is 11.4 Å². The molecular weight excluding hydrogens is 474 g/mol. The number of hydrogen-bond acceptors (Lipinski definition) is 3. The summed E-state index contributed by atoms with van der Waals surface area (Å²) in [5.74, 6) is -1.54. The summed E-state index contributed by atoms with van der Waals surface area (Å²) in [6.07, 6.45) is 0.357. The molecule has 0 fully saturated rings. The van der Waals surface area contributed by atoms with Crippen LogP contribution in [0.2, 0.25) is 0 Å². The molecule has 2 atom stereocenters. The van der Waals surface area contributed by atoms with E-state index in [-0.39, 0.29) is 35.9 Å². The highest BCUT2D eigenvalue weighted by Crippen LogP contribution is 2.41. The van der Waals surface area contributed by atoms with Gasteiger partial charge in [0.15, 0.2) is 11.6 Å². The van der Waals surface area contributed by atoms with Crippen molar-refractivity contribution in [3.05, 3.63) is 82.9 Å². The number of rotatable bonds is 10. The topological polar surface area (TPSA) is 55.8 Å². The molecule has 0 bridgehead atoms. The second-order valence-electron chi connectivity index (χ2n) is 10.5. The van der Waals surface area contributed by atoms with E-state index in [1.54, 1.807) is 37.4 Å². The number of halogens is 2. The van der Waals surface area contributed by atoms with E-state index in [0.29, 0.717) is 23.3 Å². The number of carbonyl (C=O) groups is 1. The van der Waals surface area contributed by atoms with Crippen LogP contribution in [-0.4, -0.2) is 18.2 Å². The Hall–Kier alpha value is -3.41. The summed E-state index contributed by atoms with van der Waals surface area (Å²) in [7, 11) is 1.55. The highest BCUT2D eigenvalue weighted by atomic mass is 19.1. The lowest BCUT2D eigenvalue weighted by Gasteiger charge is -2.30. The summed E-state index contributed by atoms with van der Waals surface area (Å²) in [6.45, 7) is 10.5. The Morgan fingerprint density at radius 3 is 2.35 bits per heavy atom. The Morgan fingerprint density at radius 2 is 1.73 bits per heavy atom. The molecule has 3 rings (SSSR count). The molecule has 0 radical (unpaired) electrons. The van der Waals surface area contributed by atoms with Crippen LogP contribution < -0.4 is 9.47 Å². The van der Waals surface area contributed by atoms with E-state index in [9.17, 15) is 14.3 Å². The molecular formula is C31H36F2O4. The van der Waals surface area contributed by atoms with Gasteiger partial charge in [-0.25, -0.2) is 8.78 Å². The summed E-state index contributed by atoms with van der Waals surface area (Å²) in [5, 5.41) is 9.18. The lowest BCUT2D eigenvalue weighted by atomic mass is 9.75. The van der Waals surface area contributed by atoms with Crippen LogP contribution >= 0.6 is 0 Å². The van der Waals surface area contributed by atoms with E-state index in [1.165, 1.54) is 6.07 Å². The molecule has 3 aromatic rings. The van der Waals surface area contributed by atoms with E-state index >= 15 is 4.39 Å². The Morgan fingerprint density at radius 1 is 1.00 bits per heavy atom. The molecule has 0 aromatic heterocycles. The third-order valence-corrected chi connectivity index (χ3v) is 7.09. The van der Waals surface area contributed by atoms with Gasteiger partial charge in [-0.15, -0.1) is 0 Å².